The minimum atomic E-state index is -0.0792. The molecule has 2 rings (SSSR count). The lowest BCUT2D eigenvalue weighted by atomic mass is 10.1. The summed E-state index contributed by atoms with van der Waals surface area (Å²) >= 11 is 0. The number of amides is 1. The molecule has 0 radical (unpaired) electrons. The normalized spacial score (nSPS) is 11.9. The van der Waals surface area contributed by atoms with Crippen LogP contribution in [0.3, 0.4) is 0 Å². The zero-order chi connectivity index (χ0) is 14.5. The summed E-state index contributed by atoms with van der Waals surface area (Å²) in [6.45, 7) is 4.05. The number of carbonyl (C=O) groups is 1. The topological polar surface area (TPSA) is 41.1 Å². The highest BCUT2D eigenvalue weighted by Crippen LogP contribution is 2.22. The molecule has 0 saturated heterocycles. The molecule has 0 bridgehead atoms. The van der Waals surface area contributed by atoms with Crippen molar-refractivity contribution in [1.29, 1.82) is 0 Å². The number of carbonyl (C=O) groups excluding carboxylic acids is 1. The molecule has 3 heteroatoms. The molecule has 0 aliphatic rings. The number of nitrogens with one attached hydrogen (secondary N) is 2. The van der Waals surface area contributed by atoms with E-state index in [2.05, 4.69) is 17.6 Å². The molecule has 0 aliphatic heterocycles. The predicted octanol–water partition coefficient (Wildman–Crippen LogP) is 3.53. The van der Waals surface area contributed by atoms with Gasteiger partial charge in [0.1, 0.15) is 0 Å². The van der Waals surface area contributed by atoms with Crippen LogP contribution in [0.1, 0.15) is 34.5 Å². The lowest BCUT2D eigenvalue weighted by Crippen LogP contribution is -2.18. The third-order valence-corrected chi connectivity index (χ3v) is 3.39. The number of anilines is 1. The third kappa shape index (κ3) is 3.25. The first-order chi connectivity index (χ1) is 9.61. The Hall–Kier alpha value is -2.13. The Balaban J connectivity index is 2.24. The molecule has 0 aliphatic carbocycles. The first-order valence-corrected chi connectivity index (χ1v) is 6.76. The van der Waals surface area contributed by atoms with Crippen molar-refractivity contribution in [3.63, 3.8) is 0 Å². The van der Waals surface area contributed by atoms with Crippen molar-refractivity contribution < 1.29 is 4.79 Å². The maximum absolute atomic E-state index is 12.3. The SMILES string of the molecule is CNC(C)c1ccccc1NC(=O)c1cccc(C)c1. The van der Waals surface area contributed by atoms with Gasteiger partial charge in [0.2, 0.25) is 0 Å². The van der Waals surface area contributed by atoms with E-state index in [9.17, 15) is 4.79 Å². The van der Waals surface area contributed by atoms with Crippen LogP contribution in [0.5, 0.6) is 0 Å². The van der Waals surface area contributed by atoms with E-state index in [0.29, 0.717) is 5.56 Å². The molecule has 3 nitrogen and oxygen atoms in total. The highest BCUT2D eigenvalue weighted by atomic mass is 16.1. The van der Waals surface area contributed by atoms with Gasteiger partial charge in [0.05, 0.1) is 0 Å². The summed E-state index contributed by atoms with van der Waals surface area (Å²) < 4.78 is 0. The molecule has 20 heavy (non-hydrogen) atoms. The van der Waals surface area contributed by atoms with Crippen LogP contribution in [-0.2, 0) is 0 Å². The van der Waals surface area contributed by atoms with Gasteiger partial charge >= 0.3 is 0 Å². The summed E-state index contributed by atoms with van der Waals surface area (Å²) in [4.78, 5) is 12.3. The lowest BCUT2D eigenvalue weighted by molar-refractivity contribution is 0.102. The van der Waals surface area contributed by atoms with E-state index in [0.717, 1.165) is 16.8 Å². The standard InChI is InChI=1S/C17H20N2O/c1-12-7-6-8-14(11-12)17(20)19-16-10-5-4-9-15(16)13(2)18-3/h4-11,13,18H,1-3H3,(H,19,20). The zero-order valence-corrected chi connectivity index (χ0v) is 12.1. The second-order valence-electron chi connectivity index (χ2n) is 4.92. The molecule has 2 aromatic rings. The summed E-state index contributed by atoms with van der Waals surface area (Å²) in [5.41, 5.74) is 3.68. The molecule has 0 saturated carbocycles. The number of rotatable bonds is 4. The van der Waals surface area contributed by atoms with Gasteiger partial charge in [0.25, 0.3) is 5.91 Å². The first-order valence-electron chi connectivity index (χ1n) is 6.76. The van der Waals surface area contributed by atoms with Crippen LogP contribution in [0.15, 0.2) is 48.5 Å². The minimum Gasteiger partial charge on any atom is -0.322 e. The maximum Gasteiger partial charge on any atom is 0.255 e. The van der Waals surface area contributed by atoms with Gasteiger partial charge in [0.15, 0.2) is 0 Å². The van der Waals surface area contributed by atoms with Crippen LogP contribution in [0.4, 0.5) is 5.69 Å². The molecule has 1 amide bonds. The highest BCUT2D eigenvalue weighted by molar-refractivity contribution is 6.04. The Labute approximate surface area is 120 Å². The molecule has 2 N–H and O–H groups in total. The summed E-state index contributed by atoms with van der Waals surface area (Å²) in [6, 6.07) is 15.6. The first kappa shape index (κ1) is 14.3. The monoisotopic (exact) mass is 268 g/mol. The molecule has 2 aromatic carbocycles. The maximum atomic E-state index is 12.3. The average Bonchev–Trinajstić information content (AvgIpc) is 2.47. The molecular formula is C17H20N2O. The van der Waals surface area contributed by atoms with Crippen LogP contribution >= 0.6 is 0 Å². The molecule has 1 atom stereocenters. The number of hydrogen-bond donors (Lipinski definition) is 2. The van der Waals surface area contributed by atoms with Gasteiger partial charge in [-0.1, -0.05) is 35.9 Å². The number of aryl methyl sites for hydroxylation is 1. The Morgan fingerprint density at radius 2 is 1.85 bits per heavy atom. The van der Waals surface area contributed by atoms with Crippen LogP contribution < -0.4 is 10.6 Å². The molecule has 0 spiro atoms. The van der Waals surface area contributed by atoms with Crippen molar-refractivity contribution in [3.05, 3.63) is 65.2 Å². The van der Waals surface area contributed by atoms with Gasteiger partial charge in [-0.05, 0) is 44.7 Å². The van der Waals surface area contributed by atoms with E-state index < -0.39 is 0 Å². The van der Waals surface area contributed by atoms with Gasteiger partial charge in [-0.25, -0.2) is 0 Å². The van der Waals surface area contributed by atoms with E-state index >= 15 is 0 Å². The Morgan fingerprint density at radius 1 is 1.10 bits per heavy atom. The fraction of sp³-hybridized carbons (Fsp3) is 0.235. The van der Waals surface area contributed by atoms with Crippen LogP contribution in [0.2, 0.25) is 0 Å². The fourth-order valence-electron chi connectivity index (χ4n) is 2.12. The summed E-state index contributed by atoms with van der Waals surface area (Å²) in [7, 11) is 1.91. The Bertz CT molecular complexity index is 607. The van der Waals surface area contributed by atoms with Gasteiger partial charge in [0, 0.05) is 17.3 Å². The molecule has 0 fully saturated rings. The quantitative estimate of drug-likeness (QED) is 0.890. The second kappa shape index (κ2) is 6.35. The molecule has 0 aromatic heterocycles. The second-order valence-corrected chi connectivity index (χ2v) is 4.92. The smallest absolute Gasteiger partial charge is 0.255 e. The van der Waals surface area contributed by atoms with Crippen LogP contribution in [-0.4, -0.2) is 13.0 Å². The number of benzene rings is 2. The van der Waals surface area contributed by atoms with E-state index in [1.807, 2.05) is 62.5 Å². The van der Waals surface area contributed by atoms with Crippen molar-refractivity contribution >= 4 is 11.6 Å². The third-order valence-electron chi connectivity index (χ3n) is 3.39. The van der Waals surface area contributed by atoms with Gasteiger partial charge < -0.3 is 10.6 Å². The van der Waals surface area contributed by atoms with E-state index in [1.54, 1.807) is 0 Å². The molecule has 0 heterocycles. The largest absolute Gasteiger partial charge is 0.322 e. The van der Waals surface area contributed by atoms with Crippen molar-refractivity contribution in [2.75, 3.05) is 12.4 Å². The average molecular weight is 268 g/mol. The van der Waals surface area contributed by atoms with Gasteiger partial charge in [-0.2, -0.15) is 0 Å². The van der Waals surface area contributed by atoms with Crippen molar-refractivity contribution in [1.82, 2.24) is 5.32 Å². The Morgan fingerprint density at radius 3 is 2.55 bits per heavy atom. The van der Waals surface area contributed by atoms with Gasteiger partial charge in [-0.3, -0.25) is 4.79 Å². The Kier molecular flexibility index (Phi) is 4.53. The minimum absolute atomic E-state index is 0.0792. The van der Waals surface area contributed by atoms with Crippen LogP contribution in [0, 0.1) is 6.92 Å². The lowest BCUT2D eigenvalue weighted by Gasteiger charge is -2.16. The molecular weight excluding hydrogens is 248 g/mol. The van der Waals surface area contributed by atoms with Crippen molar-refractivity contribution in [3.8, 4) is 0 Å². The van der Waals surface area contributed by atoms with E-state index in [-0.39, 0.29) is 11.9 Å². The van der Waals surface area contributed by atoms with Gasteiger partial charge in [-0.15, -0.1) is 0 Å². The molecule has 104 valence electrons. The van der Waals surface area contributed by atoms with Crippen LogP contribution in [0.25, 0.3) is 0 Å². The molecule has 1 unspecified atom stereocenters. The summed E-state index contributed by atoms with van der Waals surface area (Å²) in [5.74, 6) is -0.0792. The number of para-hydroxylation sites is 1. The van der Waals surface area contributed by atoms with E-state index in [4.69, 9.17) is 0 Å². The predicted molar refractivity (Wildman–Crippen MR) is 83.0 cm³/mol. The zero-order valence-electron chi connectivity index (χ0n) is 12.1. The fourth-order valence-corrected chi connectivity index (χ4v) is 2.12. The van der Waals surface area contributed by atoms with Crippen molar-refractivity contribution in [2.24, 2.45) is 0 Å². The van der Waals surface area contributed by atoms with E-state index in [1.165, 1.54) is 0 Å². The summed E-state index contributed by atoms with van der Waals surface area (Å²) in [6.07, 6.45) is 0. The number of hydrogen-bond acceptors (Lipinski definition) is 2. The van der Waals surface area contributed by atoms with Crippen molar-refractivity contribution in [2.45, 2.75) is 19.9 Å². The highest BCUT2D eigenvalue weighted by Gasteiger charge is 2.12. The summed E-state index contributed by atoms with van der Waals surface area (Å²) in [5, 5.41) is 6.18.